The number of benzene rings is 1. The van der Waals surface area contributed by atoms with Crippen LogP contribution in [0.1, 0.15) is 47.9 Å². The number of hydrogen-bond donors (Lipinski definition) is 2. The lowest BCUT2D eigenvalue weighted by Crippen LogP contribution is -2.33. The zero-order chi connectivity index (χ0) is 22.4. The Kier molecular flexibility index (Phi) is 7.80. The highest BCUT2D eigenvalue weighted by Crippen LogP contribution is 2.26. The fraction of sp³-hybridized carbons (Fsp3) is 0.381. The third-order valence-electron chi connectivity index (χ3n) is 4.53. The van der Waals surface area contributed by atoms with Gasteiger partial charge in [-0.2, -0.15) is 0 Å². The number of aromatic nitrogens is 4. The summed E-state index contributed by atoms with van der Waals surface area (Å²) in [6.07, 6.45) is 1.73. The lowest BCUT2D eigenvalue weighted by molar-refractivity contribution is -0.113. The van der Waals surface area contributed by atoms with Crippen LogP contribution in [0.25, 0.3) is 0 Å². The number of nitrogens with zero attached hydrogens (tertiary/aromatic N) is 4. The molecule has 2 amide bonds. The largest absolute Gasteiger partial charge is 0.342 e. The SMILES string of the molecule is CCn1c(SCC(=O)Nc2ncc(C)s2)nnc1[C@@H](NC(=O)c1ccccc1)C(C)C. The summed E-state index contributed by atoms with van der Waals surface area (Å²) in [5, 5.41) is 15.7. The van der Waals surface area contributed by atoms with Crippen LogP contribution >= 0.6 is 23.1 Å². The minimum absolute atomic E-state index is 0.108. The van der Waals surface area contributed by atoms with Gasteiger partial charge in [0.15, 0.2) is 16.1 Å². The standard InChI is InChI=1S/C21H26N6O2S2/c1-5-27-18(17(13(2)3)24-19(29)15-9-7-6-8-10-15)25-26-21(27)30-12-16(28)23-20-22-11-14(4)31-20/h6-11,13,17H,5,12H2,1-4H3,(H,24,29)(H,22,23,28)/t17-/m0/s1. The van der Waals surface area contributed by atoms with Crippen LogP contribution in [0.4, 0.5) is 5.13 Å². The molecule has 1 aromatic carbocycles. The molecule has 10 heteroatoms. The molecular weight excluding hydrogens is 432 g/mol. The van der Waals surface area contributed by atoms with Gasteiger partial charge in [0.2, 0.25) is 5.91 Å². The van der Waals surface area contributed by atoms with E-state index in [0.717, 1.165) is 4.88 Å². The Balaban J connectivity index is 1.70. The van der Waals surface area contributed by atoms with E-state index >= 15 is 0 Å². The second kappa shape index (κ2) is 10.5. The third-order valence-corrected chi connectivity index (χ3v) is 6.32. The number of carbonyl (C=O) groups is 2. The maximum absolute atomic E-state index is 12.7. The van der Waals surface area contributed by atoms with Crippen molar-refractivity contribution in [3.05, 3.63) is 52.8 Å². The number of nitrogens with one attached hydrogen (secondary N) is 2. The second-order valence-electron chi connectivity index (χ2n) is 7.26. The fourth-order valence-electron chi connectivity index (χ4n) is 2.98. The highest BCUT2D eigenvalue weighted by molar-refractivity contribution is 7.99. The summed E-state index contributed by atoms with van der Waals surface area (Å²) < 4.78 is 1.95. The molecule has 2 aromatic heterocycles. The van der Waals surface area contributed by atoms with Crippen molar-refractivity contribution >= 4 is 40.0 Å². The van der Waals surface area contributed by atoms with Gasteiger partial charge in [-0.3, -0.25) is 9.59 Å². The normalized spacial score (nSPS) is 12.0. The molecule has 0 radical (unpaired) electrons. The third kappa shape index (κ3) is 5.92. The van der Waals surface area contributed by atoms with Crippen molar-refractivity contribution in [2.24, 2.45) is 5.92 Å². The Bertz CT molecular complexity index is 1030. The quantitative estimate of drug-likeness (QED) is 0.471. The Morgan fingerprint density at radius 2 is 1.94 bits per heavy atom. The Morgan fingerprint density at radius 3 is 2.55 bits per heavy atom. The molecule has 0 aliphatic carbocycles. The van der Waals surface area contributed by atoms with Gasteiger partial charge >= 0.3 is 0 Å². The minimum Gasteiger partial charge on any atom is -0.342 e. The molecule has 0 unspecified atom stereocenters. The van der Waals surface area contributed by atoms with E-state index in [1.165, 1.54) is 23.1 Å². The lowest BCUT2D eigenvalue weighted by atomic mass is 10.0. The van der Waals surface area contributed by atoms with Crippen molar-refractivity contribution in [3.8, 4) is 0 Å². The van der Waals surface area contributed by atoms with Gasteiger partial charge in [-0.05, 0) is 31.9 Å². The zero-order valence-electron chi connectivity index (χ0n) is 18.0. The van der Waals surface area contributed by atoms with Crippen molar-refractivity contribution in [2.45, 2.75) is 45.4 Å². The average molecular weight is 459 g/mol. The number of carbonyl (C=O) groups excluding carboxylic acids is 2. The van der Waals surface area contributed by atoms with Crippen LogP contribution in [-0.2, 0) is 11.3 Å². The van der Waals surface area contributed by atoms with Gasteiger partial charge in [-0.15, -0.1) is 21.5 Å². The summed E-state index contributed by atoms with van der Waals surface area (Å²) in [4.78, 5) is 30.1. The van der Waals surface area contributed by atoms with E-state index < -0.39 is 0 Å². The van der Waals surface area contributed by atoms with E-state index in [9.17, 15) is 9.59 Å². The molecule has 0 aliphatic heterocycles. The van der Waals surface area contributed by atoms with Gasteiger partial charge in [0.1, 0.15) is 0 Å². The fourth-order valence-corrected chi connectivity index (χ4v) is 4.47. The topological polar surface area (TPSA) is 102 Å². The number of rotatable bonds is 9. The van der Waals surface area contributed by atoms with Crippen LogP contribution in [0.15, 0.2) is 41.7 Å². The number of aryl methyl sites for hydroxylation is 1. The molecule has 0 aliphatic rings. The number of thiazole rings is 1. The van der Waals surface area contributed by atoms with E-state index in [1.807, 2.05) is 50.5 Å². The Labute approximate surface area is 189 Å². The van der Waals surface area contributed by atoms with Crippen LogP contribution in [0.5, 0.6) is 0 Å². The van der Waals surface area contributed by atoms with Crippen LogP contribution in [0.3, 0.4) is 0 Å². The van der Waals surface area contributed by atoms with Gasteiger partial charge in [0.25, 0.3) is 5.91 Å². The Hall–Kier alpha value is -2.72. The number of thioether (sulfide) groups is 1. The number of hydrogen-bond acceptors (Lipinski definition) is 7. The van der Waals surface area contributed by atoms with Crippen molar-refractivity contribution in [1.82, 2.24) is 25.1 Å². The molecule has 0 bridgehead atoms. The van der Waals surface area contributed by atoms with Crippen molar-refractivity contribution in [2.75, 3.05) is 11.1 Å². The van der Waals surface area contributed by atoms with E-state index in [1.54, 1.807) is 18.3 Å². The van der Waals surface area contributed by atoms with E-state index in [2.05, 4.69) is 25.8 Å². The first kappa shape index (κ1) is 23.0. The monoisotopic (exact) mass is 458 g/mol. The maximum Gasteiger partial charge on any atom is 0.251 e. The first-order valence-electron chi connectivity index (χ1n) is 10.0. The van der Waals surface area contributed by atoms with E-state index in [-0.39, 0.29) is 29.5 Å². The van der Waals surface area contributed by atoms with Gasteiger partial charge in [-0.25, -0.2) is 4.98 Å². The smallest absolute Gasteiger partial charge is 0.251 e. The van der Waals surface area contributed by atoms with Crippen molar-refractivity contribution in [1.29, 1.82) is 0 Å². The molecule has 0 saturated heterocycles. The van der Waals surface area contributed by atoms with E-state index in [4.69, 9.17) is 0 Å². The molecule has 31 heavy (non-hydrogen) atoms. The first-order chi connectivity index (χ1) is 14.9. The number of anilines is 1. The molecule has 0 spiro atoms. The second-order valence-corrected chi connectivity index (χ2v) is 9.44. The predicted molar refractivity (Wildman–Crippen MR) is 123 cm³/mol. The van der Waals surface area contributed by atoms with Crippen molar-refractivity contribution in [3.63, 3.8) is 0 Å². The first-order valence-corrected chi connectivity index (χ1v) is 11.8. The molecule has 1 atom stereocenters. The van der Waals surface area contributed by atoms with Crippen LogP contribution < -0.4 is 10.6 Å². The minimum atomic E-state index is -0.304. The molecule has 2 N–H and O–H groups in total. The predicted octanol–water partition coefficient (Wildman–Crippen LogP) is 3.92. The summed E-state index contributed by atoms with van der Waals surface area (Å²) in [7, 11) is 0. The molecule has 164 valence electrons. The molecule has 0 fully saturated rings. The molecule has 3 rings (SSSR count). The van der Waals surface area contributed by atoms with Crippen LogP contribution in [-0.4, -0.2) is 37.3 Å². The summed E-state index contributed by atoms with van der Waals surface area (Å²) >= 11 is 2.75. The maximum atomic E-state index is 12.7. The molecule has 8 nitrogen and oxygen atoms in total. The molecule has 3 aromatic rings. The van der Waals surface area contributed by atoms with Gasteiger partial charge in [-0.1, -0.05) is 43.8 Å². The van der Waals surface area contributed by atoms with Gasteiger partial charge < -0.3 is 15.2 Å². The van der Waals surface area contributed by atoms with Crippen molar-refractivity contribution < 1.29 is 9.59 Å². The highest BCUT2D eigenvalue weighted by Gasteiger charge is 2.26. The Morgan fingerprint density at radius 1 is 1.19 bits per heavy atom. The molecule has 0 saturated carbocycles. The van der Waals surface area contributed by atoms with Gasteiger partial charge in [0.05, 0.1) is 11.8 Å². The molecular formula is C21H26N6O2S2. The van der Waals surface area contributed by atoms with Crippen LogP contribution in [0, 0.1) is 12.8 Å². The lowest BCUT2D eigenvalue weighted by Gasteiger charge is -2.22. The van der Waals surface area contributed by atoms with Gasteiger partial charge in [0, 0.05) is 23.2 Å². The summed E-state index contributed by atoms with van der Waals surface area (Å²) in [5.74, 6) is 0.678. The summed E-state index contributed by atoms with van der Waals surface area (Å²) in [5.41, 5.74) is 0.597. The zero-order valence-corrected chi connectivity index (χ0v) is 19.6. The average Bonchev–Trinajstić information content (AvgIpc) is 3.35. The molecule has 2 heterocycles. The highest BCUT2D eigenvalue weighted by atomic mass is 32.2. The van der Waals surface area contributed by atoms with E-state index in [0.29, 0.717) is 28.2 Å². The summed E-state index contributed by atoms with van der Waals surface area (Å²) in [6, 6.07) is 8.80. The number of amides is 2. The summed E-state index contributed by atoms with van der Waals surface area (Å²) in [6.45, 7) is 8.62. The van der Waals surface area contributed by atoms with Crippen LogP contribution in [0.2, 0.25) is 0 Å².